The first-order valence-electron chi connectivity index (χ1n) is 5.59. The van der Waals surface area contributed by atoms with Crippen molar-refractivity contribution in [2.45, 2.75) is 32.2 Å². The Morgan fingerprint density at radius 2 is 1.84 bits per heavy atom. The van der Waals surface area contributed by atoms with Gasteiger partial charge in [-0.05, 0) is 31.9 Å². The normalized spacial score (nSPS) is 10.5. The quantitative estimate of drug-likeness (QED) is 0.654. The number of carbonyl (C=O) groups is 2. The Morgan fingerprint density at radius 3 is 2.37 bits per heavy atom. The van der Waals surface area contributed by atoms with Crippen LogP contribution in [0.15, 0.2) is 28.7 Å². The van der Waals surface area contributed by atoms with Crippen LogP contribution in [-0.4, -0.2) is 11.9 Å². The van der Waals surface area contributed by atoms with Crippen LogP contribution in [0.3, 0.4) is 0 Å². The standard InChI is InChI=1S/C13H16BrNO3.Na/c1-13(2,9-5-3-4-6-10(9)14)15-11(16)7-8-12(17)18;/h3-6H,7-8H2,1-2H3,(H,15,16)(H,17,18);/q;+1/p-1. The molecule has 0 saturated carbocycles. The van der Waals surface area contributed by atoms with Gasteiger partial charge in [-0.25, -0.2) is 0 Å². The van der Waals surface area contributed by atoms with Crippen molar-refractivity contribution in [1.82, 2.24) is 5.32 Å². The summed E-state index contributed by atoms with van der Waals surface area (Å²) in [4.78, 5) is 21.9. The van der Waals surface area contributed by atoms with Gasteiger partial charge in [0.25, 0.3) is 0 Å². The zero-order chi connectivity index (χ0) is 13.8. The molecule has 1 N–H and O–H groups in total. The molecule has 0 heterocycles. The Hall–Kier alpha value is -0.360. The summed E-state index contributed by atoms with van der Waals surface area (Å²) in [6.45, 7) is 3.73. The van der Waals surface area contributed by atoms with Crippen LogP contribution in [0.2, 0.25) is 0 Å². The number of aliphatic carboxylic acids is 1. The predicted octanol–water partition coefficient (Wildman–Crippen LogP) is -1.67. The van der Waals surface area contributed by atoms with E-state index in [2.05, 4.69) is 21.2 Å². The molecule has 19 heavy (non-hydrogen) atoms. The van der Waals surface area contributed by atoms with Crippen LogP contribution < -0.4 is 40.0 Å². The maximum absolute atomic E-state index is 11.6. The molecule has 0 spiro atoms. The molecule has 0 atom stereocenters. The third-order valence-electron chi connectivity index (χ3n) is 2.56. The topological polar surface area (TPSA) is 69.2 Å². The van der Waals surface area contributed by atoms with Gasteiger partial charge in [0.1, 0.15) is 0 Å². The third kappa shape index (κ3) is 6.08. The molecule has 1 rings (SSSR count). The number of amides is 1. The number of carboxylic acid groups (broad SMARTS) is 1. The third-order valence-corrected chi connectivity index (χ3v) is 3.25. The summed E-state index contributed by atoms with van der Waals surface area (Å²) in [5.74, 6) is -1.52. The molecule has 0 aliphatic carbocycles. The molecule has 0 radical (unpaired) electrons. The van der Waals surface area contributed by atoms with Crippen molar-refractivity contribution in [3.8, 4) is 0 Å². The molecule has 4 nitrogen and oxygen atoms in total. The van der Waals surface area contributed by atoms with Crippen molar-refractivity contribution < 1.29 is 44.3 Å². The minimum atomic E-state index is -1.22. The van der Waals surface area contributed by atoms with Gasteiger partial charge in [-0.1, -0.05) is 34.1 Å². The summed E-state index contributed by atoms with van der Waals surface area (Å²) in [6.07, 6.45) is -0.339. The Balaban J connectivity index is 0.00000324. The van der Waals surface area contributed by atoms with Crippen LogP contribution in [0.4, 0.5) is 0 Å². The van der Waals surface area contributed by atoms with Crippen LogP contribution in [0.1, 0.15) is 32.3 Å². The van der Waals surface area contributed by atoms with Crippen LogP contribution in [0.5, 0.6) is 0 Å². The summed E-state index contributed by atoms with van der Waals surface area (Å²) in [5.41, 5.74) is 0.370. The van der Waals surface area contributed by atoms with E-state index >= 15 is 0 Å². The number of hydrogen-bond donors (Lipinski definition) is 1. The van der Waals surface area contributed by atoms with Gasteiger partial charge in [0.05, 0.1) is 5.54 Å². The second-order valence-electron chi connectivity index (χ2n) is 4.53. The molecule has 1 aromatic rings. The molecule has 6 heteroatoms. The smallest absolute Gasteiger partial charge is 0.550 e. The molecule has 0 fully saturated rings. The van der Waals surface area contributed by atoms with Crippen molar-refractivity contribution >= 4 is 27.8 Å². The molecular weight excluding hydrogens is 321 g/mol. The largest absolute Gasteiger partial charge is 1.00 e. The Bertz CT molecular complexity index is 463. The molecule has 98 valence electrons. The summed E-state index contributed by atoms with van der Waals surface area (Å²) in [5, 5.41) is 13.1. The van der Waals surface area contributed by atoms with E-state index in [-0.39, 0.29) is 48.3 Å². The number of halogens is 1. The molecule has 0 unspecified atom stereocenters. The van der Waals surface area contributed by atoms with Crippen molar-refractivity contribution in [3.63, 3.8) is 0 Å². The number of benzene rings is 1. The predicted molar refractivity (Wildman–Crippen MR) is 69.6 cm³/mol. The van der Waals surface area contributed by atoms with Gasteiger partial charge in [-0.15, -0.1) is 0 Å². The van der Waals surface area contributed by atoms with Crippen LogP contribution in [0, 0.1) is 0 Å². The Labute approximate surface area is 143 Å². The van der Waals surface area contributed by atoms with Gasteiger partial charge >= 0.3 is 29.6 Å². The fourth-order valence-electron chi connectivity index (χ4n) is 1.66. The second kappa shape index (κ2) is 8.04. The first-order valence-corrected chi connectivity index (χ1v) is 6.38. The van der Waals surface area contributed by atoms with E-state index in [0.29, 0.717) is 0 Å². The zero-order valence-electron chi connectivity index (χ0n) is 11.3. The molecule has 0 aliphatic heterocycles. The van der Waals surface area contributed by atoms with Crippen LogP contribution >= 0.6 is 15.9 Å². The minimum Gasteiger partial charge on any atom is -0.550 e. The van der Waals surface area contributed by atoms with Crippen molar-refractivity contribution in [2.75, 3.05) is 0 Å². The van der Waals surface area contributed by atoms with Crippen molar-refractivity contribution in [1.29, 1.82) is 0 Å². The SMILES string of the molecule is CC(C)(NC(=O)CCC(=O)[O-])c1ccccc1Br.[Na+]. The zero-order valence-corrected chi connectivity index (χ0v) is 14.9. The van der Waals surface area contributed by atoms with Gasteiger partial charge < -0.3 is 15.2 Å². The van der Waals surface area contributed by atoms with Gasteiger partial charge in [0.15, 0.2) is 0 Å². The molecule has 1 amide bonds. The average Bonchev–Trinajstić information content (AvgIpc) is 2.26. The molecule has 0 bridgehead atoms. The van der Waals surface area contributed by atoms with E-state index in [0.717, 1.165) is 10.0 Å². The molecule has 0 aliphatic rings. The molecular formula is C13H15BrNNaO3. The number of rotatable bonds is 5. The van der Waals surface area contributed by atoms with Gasteiger partial charge in [-0.2, -0.15) is 0 Å². The minimum absolute atomic E-state index is 0. The summed E-state index contributed by atoms with van der Waals surface area (Å²) in [7, 11) is 0. The van der Waals surface area contributed by atoms with Crippen molar-refractivity contribution in [3.05, 3.63) is 34.3 Å². The average molecular weight is 336 g/mol. The first-order chi connectivity index (χ1) is 8.33. The monoisotopic (exact) mass is 335 g/mol. The number of hydrogen-bond acceptors (Lipinski definition) is 3. The maximum Gasteiger partial charge on any atom is 1.00 e. The van der Waals surface area contributed by atoms with Crippen LogP contribution in [0.25, 0.3) is 0 Å². The van der Waals surface area contributed by atoms with Gasteiger partial charge in [-0.3, -0.25) is 4.79 Å². The van der Waals surface area contributed by atoms with E-state index in [1.54, 1.807) is 0 Å². The first kappa shape index (κ1) is 18.6. The van der Waals surface area contributed by atoms with Gasteiger partial charge in [0, 0.05) is 16.9 Å². The number of nitrogens with one attached hydrogen (secondary N) is 1. The summed E-state index contributed by atoms with van der Waals surface area (Å²) >= 11 is 3.43. The van der Waals surface area contributed by atoms with E-state index in [1.807, 2.05) is 38.1 Å². The second-order valence-corrected chi connectivity index (χ2v) is 5.38. The van der Waals surface area contributed by atoms with E-state index < -0.39 is 11.5 Å². The maximum atomic E-state index is 11.6. The van der Waals surface area contributed by atoms with Gasteiger partial charge in [0.2, 0.25) is 5.91 Å². The van der Waals surface area contributed by atoms with E-state index in [1.165, 1.54) is 0 Å². The Kier molecular flexibility index (Phi) is 7.89. The summed E-state index contributed by atoms with van der Waals surface area (Å²) < 4.78 is 0.898. The number of carbonyl (C=O) groups excluding carboxylic acids is 2. The fourth-order valence-corrected chi connectivity index (χ4v) is 2.44. The Morgan fingerprint density at radius 1 is 1.26 bits per heavy atom. The fraction of sp³-hybridized carbons (Fsp3) is 0.385. The molecule has 1 aromatic carbocycles. The molecule has 0 saturated heterocycles. The van der Waals surface area contributed by atoms with Crippen LogP contribution in [-0.2, 0) is 15.1 Å². The molecule has 0 aromatic heterocycles. The number of carboxylic acids is 1. The van der Waals surface area contributed by atoms with E-state index in [9.17, 15) is 14.7 Å². The van der Waals surface area contributed by atoms with Crippen molar-refractivity contribution in [2.24, 2.45) is 0 Å². The van der Waals surface area contributed by atoms with E-state index in [4.69, 9.17) is 0 Å². The summed E-state index contributed by atoms with van der Waals surface area (Å²) in [6, 6.07) is 7.57.